The smallest absolute Gasteiger partial charge is 0.241 e. The molecule has 3 N–H and O–H groups in total. The molecule has 0 saturated carbocycles. The molecule has 20 heavy (non-hydrogen) atoms. The third kappa shape index (κ3) is 4.16. The van der Waals surface area contributed by atoms with E-state index in [-0.39, 0.29) is 5.91 Å². The molecule has 2 aromatic rings. The molecule has 3 nitrogen and oxygen atoms in total. The SMILES string of the molecule is NC(Cc1ccccc1)C(=O)Nc1cc(Br)ccc1Br. The minimum Gasteiger partial charge on any atom is -0.324 e. The van der Waals surface area contributed by atoms with Crippen LogP contribution in [-0.2, 0) is 11.2 Å². The van der Waals surface area contributed by atoms with Gasteiger partial charge in [0.05, 0.1) is 11.7 Å². The van der Waals surface area contributed by atoms with Crippen molar-refractivity contribution < 1.29 is 4.79 Å². The number of benzene rings is 2. The highest BCUT2D eigenvalue weighted by Gasteiger charge is 2.15. The van der Waals surface area contributed by atoms with Gasteiger partial charge in [0.2, 0.25) is 5.91 Å². The fourth-order valence-corrected chi connectivity index (χ4v) is 2.49. The molecule has 0 bridgehead atoms. The maximum Gasteiger partial charge on any atom is 0.241 e. The topological polar surface area (TPSA) is 55.1 Å². The lowest BCUT2D eigenvalue weighted by molar-refractivity contribution is -0.117. The summed E-state index contributed by atoms with van der Waals surface area (Å²) in [6.07, 6.45) is 0.512. The third-order valence-corrected chi connectivity index (χ3v) is 4.01. The Kier molecular flexibility index (Phi) is 5.34. The summed E-state index contributed by atoms with van der Waals surface area (Å²) < 4.78 is 1.72. The molecule has 1 amide bonds. The molecular formula is C15H14Br2N2O. The number of hydrogen-bond acceptors (Lipinski definition) is 2. The summed E-state index contributed by atoms with van der Waals surface area (Å²) in [5, 5.41) is 2.83. The van der Waals surface area contributed by atoms with E-state index in [1.165, 1.54) is 0 Å². The quantitative estimate of drug-likeness (QED) is 0.825. The van der Waals surface area contributed by atoms with Crippen molar-refractivity contribution in [1.82, 2.24) is 0 Å². The second-order valence-electron chi connectivity index (χ2n) is 4.41. The van der Waals surface area contributed by atoms with Crippen LogP contribution < -0.4 is 11.1 Å². The monoisotopic (exact) mass is 396 g/mol. The number of carbonyl (C=O) groups is 1. The van der Waals surface area contributed by atoms with Crippen molar-refractivity contribution in [2.24, 2.45) is 5.73 Å². The Hall–Kier alpha value is -1.17. The van der Waals surface area contributed by atoms with Crippen LogP contribution in [0.3, 0.4) is 0 Å². The Morgan fingerprint density at radius 2 is 1.85 bits per heavy atom. The Morgan fingerprint density at radius 1 is 1.15 bits per heavy atom. The number of rotatable bonds is 4. The summed E-state index contributed by atoms with van der Waals surface area (Å²) in [6.45, 7) is 0. The van der Waals surface area contributed by atoms with Crippen molar-refractivity contribution >= 4 is 43.5 Å². The van der Waals surface area contributed by atoms with E-state index < -0.39 is 6.04 Å². The summed E-state index contributed by atoms with van der Waals surface area (Å²) >= 11 is 6.77. The van der Waals surface area contributed by atoms with Crippen LogP contribution in [0.1, 0.15) is 5.56 Å². The Labute approximate surface area is 134 Å². The van der Waals surface area contributed by atoms with Gasteiger partial charge in [-0.25, -0.2) is 0 Å². The van der Waals surface area contributed by atoms with Gasteiger partial charge >= 0.3 is 0 Å². The standard InChI is InChI=1S/C15H14Br2N2O/c16-11-6-7-12(17)14(9-11)19-15(20)13(18)8-10-4-2-1-3-5-10/h1-7,9,13H,8,18H2,(H,19,20). The van der Waals surface area contributed by atoms with Crippen LogP contribution >= 0.6 is 31.9 Å². The first-order chi connectivity index (χ1) is 9.56. The van der Waals surface area contributed by atoms with Gasteiger partial charge in [-0.2, -0.15) is 0 Å². The average molecular weight is 398 g/mol. The molecule has 0 aliphatic rings. The Balaban J connectivity index is 2.02. The zero-order valence-corrected chi connectivity index (χ0v) is 13.8. The highest BCUT2D eigenvalue weighted by Crippen LogP contribution is 2.26. The molecule has 0 aromatic heterocycles. The first kappa shape index (κ1) is 15.2. The van der Waals surface area contributed by atoms with Gasteiger partial charge < -0.3 is 11.1 Å². The van der Waals surface area contributed by atoms with Crippen molar-refractivity contribution in [3.8, 4) is 0 Å². The molecule has 0 spiro atoms. The van der Waals surface area contributed by atoms with Crippen molar-refractivity contribution in [3.05, 3.63) is 63.0 Å². The Bertz CT molecular complexity index is 602. The van der Waals surface area contributed by atoms with E-state index in [9.17, 15) is 4.79 Å². The fourth-order valence-electron chi connectivity index (χ4n) is 1.78. The number of hydrogen-bond donors (Lipinski definition) is 2. The first-order valence-electron chi connectivity index (χ1n) is 6.11. The lowest BCUT2D eigenvalue weighted by Crippen LogP contribution is -2.37. The molecule has 0 saturated heterocycles. The van der Waals surface area contributed by atoms with Crippen molar-refractivity contribution in [3.63, 3.8) is 0 Å². The number of nitrogens with one attached hydrogen (secondary N) is 1. The van der Waals surface area contributed by atoms with Crippen LogP contribution in [0.5, 0.6) is 0 Å². The van der Waals surface area contributed by atoms with E-state index >= 15 is 0 Å². The number of halogens is 2. The predicted octanol–water partition coefficient (Wildman–Crippen LogP) is 3.72. The summed E-state index contributed by atoms with van der Waals surface area (Å²) in [5.74, 6) is -0.201. The van der Waals surface area contributed by atoms with Gasteiger partial charge in [-0.15, -0.1) is 0 Å². The molecule has 2 aromatic carbocycles. The van der Waals surface area contributed by atoms with Crippen LogP contribution in [0.25, 0.3) is 0 Å². The number of carbonyl (C=O) groups excluding carboxylic acids is 1. The molecule has 104 valence electrons. The minimum absolute atomic E-state index is 0.201. The molecule has 0 aliphatic carbocycles. The highest BCUT2D eigenvalue weighted by molar-refractivity contribution is 9.11. The molecule has 2 rings (SSSR count). The van der Waals surface area contributed by atoms with Crippen LogP contribution in [0.4, 0.5) is 5.69 Å². The zero-order chi connectivity index (χ0) is 14.5. The molecule has 1 unspecified atom stereocenters. The summed E-state index contributed by atoms with van der Waals surface area (Å²) in [6, 6.07) is 14.7. The van der Waals surface area contributed by atoms with Crippen molar-refractivity contribution in [2.45, 2.75) is 12.5 Å². The van der Waals surface area contributed by atoms with E-state index in [2.05, 4.69) is 37.2 Å². The van der Waals surface area contributed by atoms with Crippen LogP contribution in [0.2, 0.25) is 0 Å². The average Bonchev–Trinajstić information content (AvgIpc) is 2.44. The van der Waals surface area contributed by atoms with Gasteiger partial charge in [0.25, 0.3) is 0 Å². The lowest BCUT2D eigenvalue weighted by Gasteiger charge is -2.13. The molecule has 0 fully saturated rings. The molecule has 0 aliphatic heterocycles. The lowest BCUT2D eigenvalue weighted by atomic mass is 10.1. The molecule has 0 heterocycles. The van der Waals surface area contributed by atoms with Gasteiger partial charge in [0.1, 0.15) is 0 Å². The minimum atomic E-state index is -0.580. The number of nitrogens with two attached hydrogens (primary N) is 1. The van der Waals surface area contributed by atoms with Crippen molar-refractivity contribution in [2.75, 3.05) is 5.32 Å². The van der Waals surface area contributed by atoms with E-state index in [1.807, 2.05) is 48.5 Å². The largest absolute Gasteiger partial charge is 0.324 e. The van der Waals surface area contributed by atoms with Gasteiger partial charge in [0, 0.05) is 8.95 Å². The zero-order valence-electron chi connectivity index (χ0n) is 10.6. The maximum absolute atomic E-state index is 12.1. The van der Waals surface area contributed by atoms with E-state index in [0.717, 1.165) is 14.5 Å². The normalized spacial score (nSPS) is 11.9. The first-order valence-corrected chi connectivity index (χ1v) is 7.70. The number of anilines is 1. The maximum atomic E-state index is 12.1. The molecule has 0 radical (unpaired) electrons. The summed E-state index contributed by atoms with van der Waals surface area (Å²) in [4.78, 5) is 12.1. The van der Waals surface area contributed by atoms with Gasteiger partial charge in [-0.1, -0.05) is 46.3 Å². The van der Waals surface area contributed by atoms with Crippen LogP contribution in [-0.4, -0.2) is 11.9 Å². The second-order valence-corrected chi connectivity index (χ2v) is 6.18. The molecule has 1 atom stereocenters. The predicted molar refractivity (Wildman–Crippen MR) is 88.6 cm³/mol. The number of amides is 1. The summed E-state index contributed by atoms with van der Waals surface area (Å²) in [5.41, 5.74) is 7.69. The van der Waals surface area contributed by atoms with E-state index in [4.69, 9.17) is 5.73 Å². The fraction of sp³-hybridized carbons (Fsp3) is 0.133. The second kappa shape index (κ2) is 7.02. The molecule has 5 heteroatoms. The summed E-state index contributed by atoms with van der Waals surface area (Å²) in [7, 11) is 0. The van der Waals surface area contributed by atoms with E-state index in [1.54, 1.807) is 0 Å². The Morgan fingerprint density at radius 3 is 2.55 bits per heavy atom. The van der Waals surface area contributed by atoms with Crippen molar-refractivity contribution in [1.29, 1.82) is 0 Å². The van der Waals surface area contributed by atoms with Gasteiger partial charge in [-0.05, 0) is 46.1 Å². The van der Waals surface area contributed by atoms with Crippen LogP contribution in [0, 0.1) is 0 Å². The highest BCUT2D eigenvalue weighted by atomic mass is 79.9. The van der Waals surface area contributed by atoms with E-state index in [0.29, 0.717) is 12.1 Å². The molecular weight excluding hydrogens is 384 g/mol. The van der Waals surface area contributed by atoms with Gasteiger partial charge in [-0.3, -0.25) is 4.79 Å². The van der Waals surface area contributed by atoms with Crippen LogP contribution in [0.15, 0.2) is 57.5 Å². The van der Waals surface area contributed by atoms with Gasteiger partial charge in [0.15, 0.2) is 0 Å². The third-order valence-electron chi connectivity index (χ3n) is 2.82.